The molecule has 6 heteroatoms. The Kier molecular flexibility index (Phi) is 5.67. The van der Waals surface area contributed by atoms with Crippen molar-refractivity contribution in [1.29, 1.82) is 0 Å². The van der Waals surface area contributed by atoms with E-state index in [2.05, 4.69) is 0 Å². The van der Waals surface area contributed by atoms with Crippen molar-refractivity contribution in [2.75, 3.05) is 19.6 Å². The minimum atomic E-state index is -0.0780. The smallest absolute Gasteiger partial charge is 0.253 e. The summed E-state index contributed by atoms with van der Waals surface area (Å²) in [4.78, 5) is 29.1. The van der Waals surface area contributed by atoms with E-state index in [9.17, 15) is 9.59 Å². The summed E-state index contributed by atoms with van der Waals surface area (Å²) in [5.74, 6) is 0.673. The number of nitrogens with zero attached hydrogens (tertiary/aromatic N) is 2. The van der Waals surface area contributed by atoms with E-state index in [0.29, 0.717) is 43.2 Å². The molecule has 3 aromatic rings. The van der Waals surface area contributed by atoms with Gasteiger partial charge in [-0.2, -0.15) is 0 Å². The monoisotopic (exact) mass is 408 g/mol. The van der Waals surface area contributed by atoms with Crippen molar-refractivity contribution in [3.63, 3.8) is 0 Å². The number of carbonyl (C=O) groups is 2. The Labute approximate surface area is 174 Å². The summed E-state index contributed by atoms with van der Waals surface area (Å²) >= 11 is 6.24. The van der Waals surface area contributed by atoms with Crippen LogP contribution in [-0.4, -0.2) is 41.2 Å². The zero-order valence-corrected chi connectivity index (χ0v) is 16.6. The minimum Gasteiger partial charge on any atom is -0.464 e. The van der Waals surface area contributed by atoms with Crippen LogP contribution in [0.2, 0.25) is 5.02 Å². The van der Waals surface area contributed by atoms with Crippen molar-refractivity contribution in [2.24, 2.45) is 0 Å². The Morgan fingerprint density at radius 1 is 1.00 bits per heavy atom. The first-order valence-electron chi connectivity index (χ1n) is 9.56. The van der Waals surface area contributed by atoms with Crippen molar-refractivity contribution in [3.05, 3.63) is 83.1 Å². The predicted molar refractivity (Wildman–Crippen MR) is 112 cm³/mol. The van der Waals surface area contributed by atoms with Gasteiger partial charge in [0.1, 0.15) is 5.76 Å². The summed E-state index contributed by atoms with van der Waals surface area (Å²) in [7, 11) is 0. The molecule has 0 aliphatic carbocycles. The third-order valence-electron chi connectivity index (χ3n) is 5.11. The van der Waals surface area contributed by atoms with E-state index in [-0.39, 0.29) is 11.8 Å². The van der Waals surface area contributed by atoms with E-state index >= 15 is 0 Å². The first-order valence-corrected chi connectivity index (χ1v) is 9.94. The van der Waals surface area contributed by atoms with Crippen LogP contribution >= 0.6 is 11.6 Å². The molecule has 1 saturated heterocycles. The third kappa shape index (κ3) is 4.35. The van der Waals surface area contributed by atoms with Gasteiger partial charge in [0.25, 0.3) is 5.91 Å². The van der Waals surface area contributed by atoms with Crippen LogP contribution in [0.1, 0.15) is 22.3 Å². The van der Waals surface area contributed by atoms with Gasteiger partial charge in [0.05, 0.1) is 6.26 Å². The summed E-state index contributed by atoms with van der Waals surface area (Å²) in [6, 6.07) is 18.6. The van der Waals surface area contributed by atoms with Gasteiger partial charge in [0, 0.05) is 48.7 Å². The van der Waals surface area contributed by atoms with Crippen molar-refractivity contribution in [2.45, 2.75) is 13.0 Å². The van der Waals surface area contributed by atoms with Gasteiger partial charge in [-0.05, 0) is 35.9 Å². The Morgan fingerprint density at radius 2 is 1.86 bits per heavy atom. The average Bonchev–Trinajstić information content (AvgIpc) is 3.22. The molecule has 4 rings (SSSR count). The molecule has 1 aromatic heterocycles. The van der Waals surface area contributed by atoms with Gasteiger partial charge in [-0.15, -0.1) is 0 Å². The number of halogens is 1. The molecule has 0 atom stereocenters. The topological polar surface area (TPSA) is 53.8 Å². The minimum absolute atomic E-state index is 0.0320. The van der Waals surface area contributed by atoms with Gasteiger partial charge in [-0.1, -0.05) is 41.9 Å². The van der Waals surface area contributed by atoms with Crippen molar-refractivity contribution < 1.29 is 14.0 Å². The second-order valence-corrected chi connectivity index (χ2v) is 7.41. The largest absolute Gasteiger partial charge is 0.464 e. The summed E-state index contributed by atoms with van der Waals surface area (Å²) in [6.07, 6.45) is 1.91. The van der Waals surface area contributed by atoms with E-state index < -0.39 is 0 Å². The van der Waals surface area contributed by atoms with Crippen LogP contribution in [0.5, 0.6) is 0 Å². The Morgan fingerprint density at radius 3 is 2.66 bits per heavy atom. The number of hydrogen-bond donors (Lipinski definition) is 0. The summed E-state index contributed by atoms with van der Waals surface area (Å²) in [5, 5.41) is 0.646. The highest BCUT2D eigenvalue weighted by Crippen LogP contribution is 2.22. The lowest BCUT2D eigenvalue weighted by atomic mass is 10.1. The zero-order chi connectivity index (χ0) is 20.2. The molecule has 1 aliphatic heterocycles. The maximum atomic E-state index is 13.0. The van der Waals surface area contributed by atoms with Crippen LogP contribution in [0.4, 0.5) is 0 Å². The maximum Gasteiger partial charge on any atom is 0.253 e. The van der Waals surface area contributed by atoms with Crippen LogP contribution in [0, 0.1) is 0 Å². The van der Waals surface area contributed by atoms with Gasteiger partial charge < -0.3 is 14.2 Å². The molecule has 2 aromatic carbocycles. The Balaban J connectivity index is 1.47. The van der Waals surface area contributed by atoms with Gasteiger partial charge in [-0.25, -0.2) is 0 Å². The van der Waals surface area contributed by atoms with E-state index in [1.807, 2.05) is 54.6 Å². The quantitative estimate of drug-likeness (QED) is 0.639. The zero-order valence-electron chi connectivity index (χ0n) is 15.9. The highest BCUT2D eigenvalue weighted by molar-refractivity contribution is 6.31. The van der Waals surface area contributed by atoms with Gasteiger partial charge >= 0.3 is 0 Å². The Hall–Kier alpha value is -3.05. The molecule has 0 N–H and O–H groups in total. The molecule has 148 valence electrons. The lowest BCUT2D eigenvalue weighted by Gasteiger charge is -2.23. The fourth-order valence-electron chi connectivity index (χ4n) is 3.50. The summed E-state index contributed by atoms with van der Waals surface area (Å²) in [6.45, 7) is 1.82. The number of carbonyl (C=O) groups excluding carboxylic acids is 2. The fraction of sp³-hybridized carbons (Fsp3) is 0.217. The van der Waals surface area contributed by atoms with Gasteiger partial charge in [0.2, 0.25) is 5.91 Å². The van der Waals surface area contributed by atoms with E-state index in [1.54, 1.807) is 22.1 Å². The van der Waals surface area contributed by atoms with Crippen molar-refractivity contribution in [1.82, 2.24) is 9.80 Å². The second-order valence-electron chi connectivity index (χ2n) is 7.01. The molecule has 0 radical (unpaired) electrons. The molecule has 0 bridgehead atoms. The van der Waals surface area contributed by atoms with Gasteiger partial charge in [0.15, 0.2) is 0 Å². The first kappa shape index (κ1) is 19.3. The lowest BCUT2D eigenvalue weighted by Crippen LogP contribution is -2.35. The molecule has 2 amide bonds. The molecule has 0 unspecified atom stereocenters. The number of hydrogen-bond acceptors (Lipinski definition) is 3. The average molecular weight is 409 g/mol. The van der Waals surface area contributed by atoms with E-state index in [4.69, 9.17) is 16.0 Å². The number of furan rings is 1. The van der Waals surface area contributed by atoms with Gasteiger partial charge in [-0.3, -0.25) is 9.59 Å². The van der Waals surface area contributed by atoms with Crippen LogP contribution in [0.25, 0.3) is 11.3 Å². The first-order chi connectivity index (χ1) is 14.1. The van der Waals surface area contributed by atoms with E-state index in [1.165, 1.54) is 0 Å². The highest BCUT2D eigenvalue weighted by atomic mass is 35.5. The molecule has 1 fully saturated rings. The molecule has 1 aliphatic rings. The lowest BCUT2D eigenvalue weighted by molar-refractivity contribution is -0.130. The molecule has 2 heterocycles. The SMILES string of the molecule is O=C1CCN(C(=O)c2cccc(-c3ccco3)c2)CCN1Cc1ccccc1Cl. The van der Waals surface area contributed by atoms with Crippen LogP contribution in [0.3, 0.4) is 0 Å². The molecule has 0 saturated carbocycles. The molecular formula is C23H21ClN2O3. The highest BCUT2D eigenvalue weighted by Gasteiger charge is 2.25. The van der Waals surface area contributed by atoms with Crippen LogP contribution < -0.4 is 0 Å². The Bertz CT molecular complexity index is 1020. The molecule has 0 spiro atoms. The van der Waals surface area contributed by atoms with Crippen molar-refractivity contribution in [3.8, 4) is 11.3 Å². The second kappa shape index (κ2) is 8.53. The summed E-state index contributed by atoms with van der Waals surface area (Å²) < 4.78 is 5.43. The fourth-order valence-corrected chi connectivity index (χ4v) is 3.70. The van der Waals surface area contributed by atoms with Crippen LogP contribution in [0.15, 0.2) is 71.3 Å². The van der Waals surface area contributed by atoms with Crippen molar-refractivity contribution >= 4 is 23.4 Å². The number of benzene rings is 2. The molecule has 29 heavy (non-hydrogen) atoms. The molecular weight excluding hydrogens is 388 g/mol. The normalized spacial score (nSPS) is 14.7. The van der Waals surface area contributed by atoms with E-state index in [0.717, 1.165) is 16.9 Å². The third-order valence-corrected chi connectivity index (χ3v) is 5.48. The maximum absolute atomic E-state index is 13.0. The standard InChI is InChI=1S/C23H21ClN2O3/c24-20-8-2-1-5-19(20)16-26-13-12-25(11-10-22(26)27)23(28)18-7-3-6-17(15-18)21-9-4-14-29-21/h1-9,14-15H,10-13,16H2. The molecule has 5 nitrogen and oxygen atoms in total. The predicted octanol–water partition coefficient (Wildman–Crippen LogP) is 4.47. The van der Waals surface area contributed by atoms with Crippen LogP contribution in [-0.2, 0) is 11.3 Å². The number of amides is 2. The summed E-state index contributed by atoms with van der Waals surface area (Å²) in [5.41, 5.74) is 2.35. The number of rotatable bonds is 4.